The third-order valence-corrected chi connectivity index (χ3v) is 4.98. The van der Waals surface area contributed by atoms with Crippen LogP contribution in [0.1, 0.15) is 32.3 Å². The number of benzene rings is 1. The Morgan fingerprint density at radius 3 is 2.33 bits per heavy atom. The van der Waals surface area contributed by atoms with Gasteiger partial charge in [-0.15, -0.1) is 0 Å². The summed E-state index contributed by atoms with van der Waals surface area (Å²) in [6.07, 6.45) is 0.186. The number of rotatable bonds is 8. The van der Waals surface area contributed by atoms with Crippen LogP contribution >= 0.6 is 0 Å². The Balaban J connectivity index is 2.79. The molecule has 0 saturated heterocycles. The zero-order chi connectivity index (χ0) is 16.0. The molecule has 5 nitrogen and oxygen atoms in total. The van der Waals surface area contributed by atoms with E-state index in [-0.39, 0.29) is 31.2 Å². The van der Waals surface area contributed by atoms with Gasteiger partial charge in [0.05, 0.1) is 5.75 Å². The molecule has 1 rings (SSSR count). The van der Waals surface area contributed by atoms with E-state index in [0.717, 1.165) is 0 Å². The van der Waals surface area contributed by atoms with E-state index in [1.807, 2.05) is 0 Å². The summed E-state index contributed by atoms with van der Waals surface area (Å²) < 4.78 is 38.9. The van der Waals surface area contributed by atoms with Gasteiger partial charge in [0.1, 0.15) is 5.82 Å². The molecule has 0 amide bonds. The van der Waals surface area contributed by atoms with Crippen molar-refractivity contribution in [3.05, 3.63) is 35.6 Å². The van der Waals surface area contributed by atoms with Crippen LogP contribution in [0.4, 0.5) is 4.39 Å². The molecule has 0 atom stereocenters. The molecule has 21 heavy (non-hydrogen) atoms. The second-order valence-corrected chi connectivity index (χ2v) is 7.01. The van der Waals surface area contributed by atoms with Crippen molar-refractivity contribution in [1.29, 1.82) is 0 Å². The van der Waals surface area contributed by atoms with Gasteiger partial charge in [-0.05, 0) is 38.0 Å². The van der Waals surface area contributed by atoms with Gasteiger partial charge < -0.3 is 5.11 Å². The van der Waals surface area contributed by atoms with Gasteiger partial charge in [-0.1, -0.05) is 12.1 Å². The van der Waals surface area contributed by atoms with Crippen LogP contribution in [0, 0.1) is 5.82 Å². The molecule has 0 spiro atoms. The summed E-state index contributed by atoms with van der Waals surface area (Å²) in [6.45, 7) is 3.64. The van der Waals surface area contributed by atoms with Gasteiger partial charge in [-0.3, -0.25) is 4.79 Å². The Morgan fingerprint density at radius 1 is 1.29 bits per heavy atom. The molecule has 0 radical (unpaired) electrons. The summed E-state index contributed by atoms with van der Waals surface area (Å²) >= 11 is 0. The largest absolute Gasteiger partial charge is 0.481 e. The average molecular weight is 317 g/mol. The fraction of sp³-hybridized carbons (Fsp3) is 0.500. The number of hydrogen-bond donors (Lipinski definition) is 1. The minimum absolute atomic E-state index is 0.0741. The van der Waals surface area contributed by atoms with E-state index in [1.54, 1.807) is 13.8 Å². The Bertz CT molecular complexity index is 569. The molecule has 1 aromatic carbocycles. The van der Waals surface area contributed by atoms with Crippen LogP contribution in [-0.2, 0) is 20.6 Å². The van der Waals surface area contributed by atoms with Gasteiger partial charge in [0.2, 0.25) is 10.0 Å². The van der Waals surface area contributed by atoms with Crippen molar-refractivity contribution in [2.45, 2.75) is 38.5 Å². The molecular formula is C14H20FNO4S. The minimum atomic E-state index is -3.57. The van der Waals surface area contributed by atoms with Gasteiger partial charge in [-0.25, -0.2) is 12.8 Å². The van der Waals surface area contributed by atoms with E-state index in [1.165, 1.54) is 28.6 Å². The van der Waals surface area contributed by atoms with Gasteiger partial charge in [-0.2, -0.15) is 4.31 Å². The molecule has 0 aliphatic rings. The zero-order valence-corrected chi connectivity index (χ0v) is 12.9. The quantitative estimate of drug-likeness (QED) is 0.798. The summed E-state index contributed by atoms with van der Waals surface area (Å²) in [5, 5.41) is 8.63. The fourth-order valence-corrected chi connectivity index (χ4v) is 3.81. The van der Waals surface area contributed by atoms with Gasteiger partial charge in [0.15, 0.2) is 0 Å². The smallest absolute Gasteiger partial charge is 0.303 e. The zero-order valence-electron chi connectivity index (χ0n) is 12.1. The Labute approximate surface area is 124 Å². The molecule has 0 unspecified atom stereocenters. The van der Waals surface area contributed by atoms with Crippen molar-refractivity contribution in [2.75, 3.05) is 6.54 Å². The predicted molar refractivity (Wildman–Crippen MR) is 77.7 cm³/mol. The lowest BCUT2D eigenvalue weighted by Crippen LogP contribution is -2.38. The summed E-state index contributed by atoms with van der Waals surface area (Å²) in [7, 11) is -3.57. The van der Waals surface area contributed by atoms with Crippen molar-refractivity contribution in [3.63, 3.8) is 0 Å². The molecule has 118 valence electrons. The highest BCUT2D eigenvalue weighted by Crippen LogP contribution is 2.15. The van der Waals surface area contributed by atoms with Crippen LogP contribution in [0.2, 0.25) is 0 Å². The van der Waals surface area contributed by atoms with Crippen molar-refractivity contribution in [1.82, 2.24) is 4.31 Å². The second-order valence-electron chi connectivity index (χ2n) is 5.08. The number of carboxylic acids is 1. The normalized spacial score (nSPS) is 12.0. The minimum Gasteiger partial charge on any atom is -0.481 e. The SMILES string of the molecule is CC(C)N(CCCC(=O)O)S(=O)(=O)Cc1ccc(F)cc1. The second kappa shape index (κ2) is 7.51. The lowest BCUT2D eigenvalue weighted by atomic mass is 10.2. The van der Waals surface area contributed by atoms with Crippen LogP contribution in [0.15, 0.2) is 24.3 Å². The third kappa shape index (κ3) is 5.81. The Hall–Kier alpha value is -1.47. The topological polar surface area (TPSA) is 74.7 Å². The van der Waals surface area contributed by atoms with Gasteiger partial charge in [0, 0.05) is 19.0 Å². The number of carboxylic acid groups (broad SMARTS) is 1. The van der Waals surface area contributed by atoms with Gasteiger partial charge in [0.25, 0.3) is 0 Å². The number of carbonyl (C=O) groups is 1. The van der Waals surface area contributed by atoms with E-state index >= 15 is 0 Å². The van der Waals surface area contributed by atoms with E-state index < -0.39 is 21.8 Å². The Morgan fingerprint density at radius 2 is 1.86 bits per heavy atom. The first kappa shape index (κ1) is 17.6. The summed E-state index contributed by atoms with van der Waals surface area (Å²) in [5.74, 6) is -1.59. The van der Waals surface area contributed by atoms with Crippen LogP contribution in [0.5, 0.6) is 0 Å². The number of aliphatic carboxylic acids is 1. The maximum atomic E-state index is 12.8. The van der Waals surface area contributed by atoms with Crippen molar-refractivity contribution in [3.8, 4) is 0 Å². The number of sulfonamides is 1. The van der Waals surface area contributed by atoms with E-state index in [0.29, 0.717) is 5.56 Å². The first-order valence-corrected chi connectivity index (χ1v) is 8.29. The molecule has 0 heterocycles. The van der Waals surface area contributed by atoms with Crippen LogP contribution < -0.4 is 0 Å². The average Bonchev–Trinajstić information content (AvgIpc) is 2.36. The highest BCUT2D eigenvalue weighted by atomic mass is 32.2. The molecule has 1 aromatic rings. The van der Waals surface area contributed by atoms with Crippen LogP contribution in [0.25, 0.3) is 0 Å². The highest BCUT2D eigenvalue weighted by molar-refractivity contribution is 7.88. The molecule has 1 N–H and O–H groups in total. The van der Waals surface area contributed by atoms with E-state index in [4.69, 9.17) is 5.11 Å². The molecule has 0 bridgehead atoms. The maximum Gasteiger partial charge on any atom is 0.303 e. The first-order valence-electron chi connectivity index (χ1n) is 6.68. The van der Waals surface area contributed by atoms with Crippen molar-refractivity contribution < 1.29 is 22.7 Å². The number of hydrogen-bond acceptors (Lipinski definition) is 3. The van der Waals surface area contributed by atoms with Crippen LogP contribution in [0.3, 0.4) is 0 Å². The van der Waals surface area contributed by atoms with E-state index in [9.17, 15) is 17.6 Å². The molecule has 0 fully saturated rings. The lowest BCUT2D eigenvalue weighted by molar-refractivity contribution is -0.137. The highest BCUT2D eigenvalue weighted by Gasteiger charge is 2.25. The number of nitrogens with zero attached hydrogens (tertiary/aromatic N) is 1. The first-order chi connectivity index (χ1) is 9.72. The summed E-state index contributed by atoms with van der Waals surface area (Å²) in [6, 6.07) is 5.04. The Kier molecular flexibility index (Phi) is 6.29. The molecule has 0 aliphatic heterocycles. The monoisotopic (exact) mass is 317 g/mol. The van der Waals surface area contributed by atoms with Crippen molar-refractivity contribution in [2.24, 2.45) is 0 Å². The standard InChI is InChI=1S/C14H20FNO4S/c1-11(2)16(9-3-4-14(17)18)21(19,20)10-12-5-7-13(15)8-6-12/h5-8,11H,3-4,9-10H2,1-2H3,(H,17,18). The maximum absolute atomic E-state index is 12.8. The lowest BCUT2D eigenvalue weighted by Gasteiger charge is -2.25. The third-order valence-electron chi connectivity index (χ3n) is 2.96. The van der Waals surface area contributed by atoms with Crippen LogP contribution in [-0.4, -0.2) is 36.4 Å². The van der Waals surface area contributed by atoms with Crippen molar-refractivity contribution >= 4 is 16.0 Å². The summed E-state index contributed by atoms with van der Waals surface area (Å²) in [5.41, 5.74) is 0.500. The predicted octanol–water partition coefficient (Wildman–Crippen LogP) is 2.23. The fourth-order valence-electron chi connectivity index (χ4n) is 1.98. The molecule has 7 heteroatoms. The molecule has 0 saturated carbocycles. The molecule has 0 aromatic heterocycles. The molecule has 0 aliphatic carbocycles. The van der Waals surface area contributed by atoms with E-state index in [2.05, 4.69) is 0 Å². The van der Waals surface area contributed by atoms with Gasteiger partial charge >= 0.3 is 5.97 Å². The summed E-state index contributed by atoms with van der Waals surface area (Å²) in [4.78, 5) is 10.5. The molecular weight excluding hydrogens is 297 g/mol. The number of halogens is 1.